The summed E-state index contributed by atoms with van der Waals surface area (Å²) >= 11 is 11.9. The van der Waals surface area contributed by atoms with Crippen LogP contribution in [-0.4, -0.2) is 18.9 Å². The Morgan fingerprint density at radius 3 is 2.74 bits per heavy atom. The van der Waals surface area contributed by atoms with Gasteiger partial charge in [0, 0.05) is 18.4 Å². The zero-order valence-corrected chi connectivity index (χ0v) is 12.7. The molecule has 4 heteroatoms. The summed E-state index contributed by atoms with van der Waals surface area (Å²) in [5.74, 6) is 0.306. The van der Waals surface area contributed by atoms with Crippen LogP contribution in [0.25, 0.3) is 0 Å². The molecular weight excluding hydrogens is 281 g/mol. The number of carbonyl (C=O) groups is 1. The molecular formula is C15H19Cl2NO. The zero-order valence-electron chi connectivity index (χ0n) is 11.1. The fraction of sp³-hybridized carbons (Fsp3) is 0.533. The molecule has 1 N–H and O–H groups in total. The van der Waals surface area contributed by atoms with Crippen molar-refractivity contribution in [3.8, 4) is 0 Å². The van der Waals surface area contributed by atoms with Crippen LogP contribution in [0.15, 0.2) is 18.2 Å². The third-order valence-corrected chi connectivity index (χ3v) is 4.83. The summed E-state index contributed by atoms with van der Waals surface area (Å²) in [4.78, 5) is 12.6. The molecule has 1 atom stereocenters. The molecule has 1 aromatic rings. The van der Waals surface area contributed by atoms with E-state index in [1.165, 1.54) is 0 Å². The molecule has 1 saturated heterocycles. The Balaban J connectivity index is 2.12. The maximum absolute atomic E-state index is 12.6. The topological polar surface area (TPSA) is 29.1 Å². The lowest BCUT2D eigenvalue weighted by molar-refractivity contribution is -0.129. The number of halogens is 2. The molecule has 2 rings (SSSR count). The summed E-state index contributed by atoms with van der Waals surface area (Å²) in [7, 11) is 0. The largest absolute Gasteiger partial charge is 0.316 e. The number of Topliss-reactive ketones (excluding diaryl/α,β-unsaturated/α-hetero) is 1. The van der Waals surface area contributed by atoms with Crippen LogP contribution in [0.3, 0.4) is 0 Å². The van der Waals surface area contributed by atoms with Crippen LogP contribution in [-0.2, 0) is 11.2 Å². The Hall–Kier alpha value is -0.570. The summed E-state index contributed by atoms with van der Waals surface area (Å²) in [5.41, 5.74) is 0.738. The standard InChI is InChI=1S/C15H19Cl2NO/c1-2-15(6-3-7-18-10-15)14(19)9-11-4-5-12(16)13(17)8-11/h4-5,8,18H,2-3,6-7,9-10H2,1H3. The summed E-state index contributed by atoms with van der Waals surface area (Å²) in [5, 5.41) is 4.39. The van der Waals surface area contributed by atoms with Crippen molar-refractivity contribution >= 4 is 29.0 Å². The van der Waals surface area contributed by atoms with Gasteiger partial charge in [-0.1, -0.05) is 36.2 Å². The first kappa shape index (κ1) is 14.8. The number of benzene rings is 1. The minimum atomic E-state index is -0.204. The van der Waals surface area contributed by atoms with Gasteiger partial charge in [-0.05, 0) is 43.5 Å². The van der Waals surface area contributed by atoms with Gasteiger partial charge in [0.05, 0.1) is 10.0 Å². The molecule has 0 spiro atoms. The van der Waals surface area contributed by atoms with Gasteiger partial charge in [-0.25, -0.2) is 0 Å². The molecule has 0 amide bonds. The van der Waals surface area contributed by atoms with Gasteiger partial charge in [0.2, 0.25) is 0 Å². The number of carbonyl (C=O) groups excluding carboxylic acids is 1. The molecule has 2 nitrogen and oxygen atoms in total. The van der Waals surface area contributed by atoms with Crippen molar-refractivity contribution in [3.63, 3.8) is 0 Å². The maximum Gasteiger partial charge on any atom is 0.144 e. The molecule has 19 heavy (non-hydrogen) atoms. The number of hydrogen-bond donors (Lipinski definition) is 1. The molecule has 1 fully saturated rings. The smallest absolute Gasteiger partial charge is 0.144 e. The van der Waals surface area contributed by atoms with Gasteiger partial charge in [0.1, 0.15) is 5.78 Å². The first-order valence-corrected chi connectivity index (χ1v) is 7.51. The molecule has 0 aliphatic carbocycles. The van der Waals surface area contributed by atoms with Crippen molar-refractivity contribution in [1.82, 2.24) is 5.32 Å². The monoisotopic (exact) mass is 299 g/mol. The predicted molar refractivity (Wildman–Crippen MR) is 80.0 cm³/mol. The van der Waals surface area contributed by atoms with Crippen LogP contribution in [0, 0.1) is 5.41 Å². The molecule has 0 radical (unpaired) electrons. The fourth-order valence-corrected chi connectivity index (χ4v) is 3.05. The molecule has 0 saturated carbocycles. The second kappa shape index (κ2) is 6.25. The zero-order chi connectivity index (χ0) is 13.9. The van der Waals surface area contributed by atoms with E-state index in [0.29, 0.717) is 22.2 Å². The van der Waals surface area contributed by atoms with Gasteiger partial charge in [-0.3, -0.25) is 4.79 Å². The predicted octanol–water partition coefficient (Wildman–Crippen LogP) is 3.88. The first-order valence-electron chi connectivity index (χ1n) is 6.75. The summed E-state index contributed by atoms with van der Waals surface area (Å²) in [6.07, 6.45) is 3.38. The highest BCUT2D eigenvalue weighted by molar-refractivity contribution is 6.42. The average Bonchev–Trinajstić information content (AvgIpc) is 2.43. The van der Waals surface area contributed by atoms with Crippen LogP contribution >= 0.6 is 23.2 Å². The van der Waals surface area contributed by atoms with E-state index in [1.807, 2.05) is 6.07 Å². The van der Waals surface area contributed by atoms with Crippen LogP contribution < -0.4 is 5.32 Å². The number of ketones is 1. The van der Waals surface area contributed by atoms with Crippen LogP contribution in [0.5, 0.6) is 0 Å². The molecule has 104 valence electrons. The van der Waals surface area contributed by atoms with E-state index in [1.54, 1.807) is 12.1 Å². The Morgan fingerprint density at radius 1 is 1.37 bits per heavy atom. The van der Waals surface area contributed by atoms with Gasteiger partial charge < -0.3 is 5.32 Å². The second-order valence-electron chi connectivity index (χ2n) is 5.26. The minimum Gasteiger partial charge on any atom is -0.316 e. The van der Waals surface area contributed by atoms with Crippen molar-refractivity contribution in [1.29, 1.82) is 0 Å². The van der Waals surface area contributed by atoms with Crippen molar-refractivity contribution in [3.05, 3.63) is 33.8 Å². The van der Waals surface area contributed by atoms with E-state index < -0.39 is 0 Å². The van der Waals surface area contributed by atoms with E-state index in [9.17, 15) is 4.79 Å². The number of piperidine rings is 1. The van der Waals surface area contributed by atoms with Gasteiger partial charge in [-0.2, -0.15) is 0 Å². The molecule has 1 heterocycles. The van der Waals surface area contributed by atoms with Crippen molar-refractivity contribution < 1.29 is 4.79 Å². The van der Waals surface area contributed by atoms with Gasteiger partial charge in [0.25, 0.3) is 0 Å². The maximum atomic E-state index is 12.6. The Labute approximate surface area is 124 Å². The van der Waals surface area contributed by atoms with Crippen molar-refractivity contribution in [2.45, 2.75) is 32.6 Å². The van der Waals surface area contributed by atoms with Crippen LogP contribution in [0.2, 0.25) is 10.0 Å². The molecule has 1 unspecified atom stereocenters. The Morgan fingerprint density at radius 2 is 2.16 bits per heavy atom. The van der Waals surface area contributed by atoms with E-state index in [2.05, 4.69) is 12.2 Å². The van der Waals surface area contributed by atoms with Crippen molar-refractivity contribution in [2.24, 2.45) is 5.41 Å². The lowest BCUT2D eigenvalue weighted by Crippen LogP contribution is -2.45. The third-order valence-electron chi connectivity index (χ3n) is 4.09. The van der Waals surface area contributed by atoms with E-state index in [-0.39, 0.29) is 5.41 Å². The second-order valence-corrected chi connectivity index (χ2v) is 6.08. The average molecular weight is 300 g/mol. The highest BCUT2D eigenvalue weighted by Crippen LogP contribution is 2.33. The van der Waals surface area contributed by atoms with E-state index in [4.69, 9.17) is 23.2 Å². The van der Waals surface area contributed by atoms with Crippen LogP contribution in [0.4, 0.5) is 0 Å². The van der Waals surface area contributed by atoms with Crippen molar-refractivity contribution in [2.75, 3.05) is 13.1 Å². The lowest BCUT2D eigenvalue weighted by atomic mass is 9.73. The number of hydrogen-bond acceptors (Lipinski definition) is 2. The summed E-state index contributed by atoms with van der Waals surface area (Å²) in [6.45, 7) is 3.91. The SMILES string of the molecule is CCC1(C(=O)Cc2ccc(Cl)c(Cl)c2)CCCNC1. The molecule has 0 aromatic heterocycles. The molecule has 1 aliphatic rings. The highest BCUT2D eigenvalue weighted by atomic mass is 35.5. The molecule has 1 aromatic carbocycles. The lowest BCUT2D eigenvalue weighted by Gasteiger charge is -2.35. The normalized spacial score (nSPS) is 23.3. The molecule has 0 bridgehead atoms. The first-order chi connectivity index (χ1) is 9.07. The highest BCUT2D eigenvalue weighted by Gasteiger charge is 2.37. The third kappa shape index (κ3) is 3.31. The number of nitrogens with one attached hydrogen (secondary N) is 1. The quantitative estimate of drug-likeness (QED) is 0.914. The fourth-order valence-electron chi connectivity index (χ4n) is 2.73. The Bertz CT molecular complexity index is 467. The van der Waals surface area contributed by atoms with E-state index in [0.717, 1.165) is 37.9 Å². The van der Waals surface area contributed by atoms with Gasteiger partial charge in [0.15, 0.2) is 0 Å². The molecule has 1 aliphatic heterocycles. The van der Waals surface area contributed by atoms with Gasteiger partial charge in [-0.15, -0.1) is 0 Å². The number of rotatable bonds is 4. The van der Waals surface area contributed by atoms with Gasteiger partial charge >= 0.3 is 0 Å². The Kier molecular flexibility index (Phi) is 4.88. The summed E-state index contributed by atoms with van der Waals surface area (Å²) in [6, 6.07) is 5.43. The van der Waals surface area contributed by atoms with E-state index >= 15 is 0 Å². The summed E-state index contributed by atoms with van der Waals surface area (Å²) < 4.78 is 0. The van der Waals surface area contributed by atoms with Crippen LogP contribution in [0.1, 0.15) is 31.7 Å². The minimum absolute atomic E-state index is 0.204.